The molecule has 1 saturated carbocycles. The van der Waals surface area contributed by atoms with Gasteiger partial charge in [0.15, 0.2) is 0 Å². The maximum absolute atomic E-state index is 12.9. The molecule has 1 aliphatic carbocycles. The number of hydrogen-bond acceptors (Lipinski definition) is 8. The number of carboxylic acids is 1. The Hall–Kier alpha value is -2.29. The molecule has 0 spiro atoms. The number of nitrogens with two attached hydrogens (primary N) is 1. The molecule has 3 fully saturated rings. The van der Waals surface area contributed by atoms with Crippen LogP contribution in [0.25, 0.3) is 0 Å². The summed E-state index contributed by atoms with van der Waals surface area (Å²) in [4.78, 5) is 39.3. The molecule has 11 heteroatoms. The highest BCUT2D eigenvalue weighted by molar-refractivity contribution is 8.01. The predicted octanol–water partition coefficient (Wildman–Crippen LogP) is 2.37. The van der Waals surface area contributed by atoms with Gasteiger partial charge in [-0.25, -0.2) is 4.79 Å². The second-order valence-corrected chi connectivity index (χ2v) is 12.0. The second kappa shape index (κ2) is 8.81. The SMILES string of the molecule is CC1(C)S[C@H]2N(C(=O)[C@]2(C#N)NC(=O)C(N)c2cc(OC3CCCCCC3)cs2)[C@H]1C(=O)O. The number of aliphatic carboxylic acids is 1. The number of nitrogens with one attached hydrogen (secondary N) is 1. The van der Waals surface area contributed by atoms with Gasteiger partial charge < -0.3 is 25.8 Å². The van der Waals surface area contributed by atoms with Crippen LogP contribution in [0.4, 0.5) is 0 Å². The molecule has 4 rings (SSSR count). The van der Waals surface area contributed by atoms with Gasteiger partial charge in [-0.05, 0) is 45.6 Å². The average Bonchev–Trinajstić information content (AvgIpc) is 3.22. The summed E-state index contributed by atoms with van der Waals surface area (Å²) in [7, 11) is 0. The largest absolute Gasteiger partial charge is 0.490 e. The van der Waals surface area contributed by atoms with Crippen molar-refractivity contribution in [1.82, 2.24) is 10.2 Å². The van der Waals surface area contributed by atoms with Gasteiger partial charge in [0.1, 0.15) is 29.3 Å². The number of thiophene rings is 1. The fourth-order valence-corrected chi connectivity index (χ4v) is 7.27. The Morgan fingerprint density at radius 2 is 2.00 bits per heavy atom. The summed E-state index contributed by atoms with van der Waals surface area (Å²) in [6.07, 6.45) is 6.90. The van der Waals surface area contributed by atoms with E-state index in [0.717, 1.165) is 25.7 Å². The fourth-order valence-electron chi connectivity index (χ4n) is 4.82. The van der Waals surface area contributed by atoms with E-state index < -0.39 is 45.5 Å². The maximum atomic E-state index is 12.9. The van der Waals surface area contributed by atoms with Crippen molar-refractivity contribution in [2.75, 3.05) is 0 Å². The van der Waals surface area contributed by atoms with Gasteiger partial charge in [0.25, 0.3) is 5.91 Å². The topological polar surface area (TPSA) is 146 Å². The number of nitriles is 1. The number of β-lactam (4-membered cyclic amide) rings is 1. The number of carboxylic acid groups (broad SMARTS) is 1. The average molecular weight is 493 g/mol. The summed E-state index contributed by atoms with van der Waals surface area (Å²) < 4.78 is 5.27. The molecule has 9 nitrogen and oxygen atoms in total. The summed E-state index contributed by atoms with van der Waals surface area (Å²) >= 11 is 2.48. The molecule has 2 amide bonds. The molecule has 4 N–H and O–H groups in total. The first kappa shape index (κ1) is 23.9. The molecule has 0 bridgehead atoms. The lowest BCUT2D eigenvalue weighted by atomic mass is 9.85. The van der Waals surface area contributed by atoms with Crippen molar-refractivity contribution in [2.24, 2.45) is 5.73 Å². The van der Waals surface area contributed by atoms with Gasteiger partial charge in [-0.3, -0.25) is 9.59 Å². The van der Waals surface area contributed by atoms with Crippen molar-refractivity contribution in [3.63, 3.8) is 0 Å². The van der Waals surface area contributed by atoms with E-state index in [9.17, 15) is 24.8 Å². The van der Waals surface area contributed by atoms with E-state index in [0.29, 0.717) is 10.6 Å². The van der Waals surface area contributed by atoms with E-state index in [-0.39, 0.29) is 6.10 Å². The van der Waals surface area contributed by atoms with Crippen LogP contribution in [0.3, 0.4) is 0 Å². The van der Waals surface area contributed by atoms with Crippen LogP contribution in [-0.4, -0.2) is 55.6 Å². The Balaban J connectivity index is 1.45. The predicted molar refractivity (Wildman–Crippen MR) is 124 cm³/mol. The first-order chi connectivity index (χ1) is 15.6. The molecule has 178 valence electrons. The normalized spacial score (nSPS) is 29.9. The van der Waals surface area contributed by atoms with Gasteiger partial charge in [0, 0.05) is 15.0 Å². The Kier molecular flexibility index (Phi) is 6.37. The van der Waals surface area contributed by atoms with Gasteiger partial charge >= 0.3 is 5.97 Å². The van der Waals surface area contributed by atoms with E-state index in [1.54, 1.807) is 19.9 Å². The molecule has 0 aromatic carbocycles. The maximum Gasteiger partial charge on any atom is 0.327 e. The number of amides is 2. The molecule has 1 aromatic rings. The van der Waals surface area contributed by atoms with Crippen molar-refractivity contribution < 1.29 is 24.2 Å². The van der Waals surface area contributed by atoms with Gasteiger partial charge in [0.05, 0.1) is 6.10 Å². The first-order valence-electron chi connectivity index (χ1n) is 11.1. The second-order valence-electron chi connectivity index (χ2n) is 9.33. The number of ether oxygens (including phenoxy) is 1. The molecule has 1 aromatic heterocycles. The van der Waals surface area contributed by atoms with Gasteiger partial charge in [-0.1, -0.05) is 12.8 Å². The molecule has 3 heterocycles. The molecule has 1 unspecified atom stereocenters. The minimum absolute atomic E-state index is 0.158. The van der Waals surface area contributed by atoms with Crippen molar-refractivity contribution in [3.8, 4) is 11.8 Å². The third-order valence-corrected chi connectivity index (χ3v) is 9.20. The third-order valence-electron chi connectivity index (χ3n) is 6.57. The lowest BCUT2D eigenvalue weighted by Crippen LogP contribution is -2.79. The Morgan fingerprint density at radius 1 is 1.33 bits per heavy atom. The minimum atomic E-state index is -1.84. The van der Waals surface area contributed by atoms with Gasteiger partial charge in [0.2, 0.25) is 11.4 Å². The molecular formula is C22H28N4O5S2. The highest BCUT2D eigenvalue weighted by Gasteiger charge is 2.73. The van der Waals surface area contributed by atoms with Crippen LogP contribution in [0.1, 0.15) is 63.3 Å². The zero-order valence-electron chi connectivity index (χ0n) is 18.6. The van der Waals surface area contributed by atoms with E-state index in [1.807, 2.05) is 11.4 Å². The number of carbonyl (C=O) groups is 3. The molecule has 33 heavy (non-hydrogen) atoms. The zero-order chi connectivity index (χ0) is 24.0. The number of hydrogen-bond donors (Lipinski definition) is 3. The fraction of sp³-hybridized carbons (Fsp3) is 0.636. The molecular weight excluding hydrogens is 464 g/mol. The lowest BCUT2D eigenvalue weighted by molar-refractivity contribution is -0.165. The van der Waals surface area contributed by atoms with Crippen LogP contribution in [0.2, 0.25) is 0 Å². The van der Waals surface area contributed by atoms with Crippen molar-refractivity contribution in [1.29, 1.82) is 5.26 Å². The quantitative estimate of drug-likeness (QED) is 0.405. The first-order valence-corrected chi connectivity index (χ1v) is 12.8. The number of thioether (sulfide) groups is 1. The number of rotatable bonds is 6. The van der Waals surface area contributed by atoms with Crippen LogP contribution in [0.5, 0.6) is 5.75 Å². The highest BCUT2D eigenvalue weighted by atomic mass is 32.2. The Morgan fingerprint density at radius 3 is 2.61 bits per heavy atom. The number of fused-ring (bicyclic) bond motifs is 1. The van der Waals surface area contributed by atoms with Crippen LogP contribution in [0, 0.1) is 11.3 Å². The third kappa shape index (κ3) is 4.09. The van der Waals surface area contributed by atoms with Crippen LogP contribution in [0.15, 0.2) is 11.4 Å². The summed E-state index contributed by atoms with van der Waals surface area (Å²) in [6.45, 7) is 3.42. The van der Waals surface area contributed by atoms with Crippen molar-refractivity contribution in [3.05, 3.63) is 16.3 Å². The summed E-state index contributed by atoms with van der Waals surface area (Å²) in [5.74, 6) is -1.85. The smallest absolute Gasteiger partial charge is 0.327 e. The molecule has 4 atom stereocenters. The summed E-state index contributed by atoms with van der Waals surface area (Å²) in [5.41, 5.74) is 4.33. The minimum Gasteiger partial charge on any atom is -0.490 e. The summed E-state index contributed by atoms with van der Waals surface area (Å²) in [5, 5.41) is 23.0. The standard InChI is InChI=1S/C22H28N4O5S2/c1-21(2)16(18(28)29)26-19(30)22(11-23,20(26)33-21)25-17(27)15(24)14-9-13(10-32-14)31-12-7-5-3-4-6-8-12/h9-10,12,15-16,20H,3-8,24H2,1-2H3,(H,25,27)(H,28,29)/t15?,16-,20+,22-/m0/s1. The van der Waals surface area contributed by atoms with E-state index >= 15 is 0 Å². The van der Waals surface area contributed by atoms with E-state index in [1.165, 1.54) is 40.8 Å². The molecule has 3 aliphatic rings. The number of nitrogens with zero attached hydrogens (tertiary/aromatic N) is 2. The van der Waals surface area contributed by atoms with E-state index in [2.05, 4.69) is 5.32 Å². The van der Waals surface area contributed by atoms with E-state index in [4.69, 9.17) is 10.5 Å². The monoisotopic (exact) mass is 492 g/mol. The number of carbonyl (C=O) groups excluding carboxylic acids is 2. The van der Waals surface area contributed by atoms with Crippen LogP contribution >= 0.6 is 23.1 Å². The Bertz CT molecular complexity index is 997. The van der Waals surface area contributed by atoms with Gasteiger partial charge in [-0.2, -0.15) is 5.26 Å². The van der Waals surface area contributed by atoms with Crippen LogP contribution in [-0.2, 0) is 14.4 Å². The summed E-state index contributed by atoms with van der Waals surface area (Å²) in [6, 6.07) is 1.50. The molecule has 2 saturated heterocycles. The van der Waals surface area contributed by atoms with Crippen LogP contribution < -0.4 is 15.8 Å². The highest BCUT2D eigenvalue weighted by Crippen LogP contribution is 2.54. The Labute approximate surface area is 200 Å². The van der Waals surface area contributed by atoms with Gasteiger partial charge in [-0.15, -0.1) is 23.1 Å². The molecule has 0 radical (unpaired) electrons. The van der Waals surface area contributed by atoms with Crippen molar-refractivity contribution in [2.45, 2.75) is 86.2 Å². The zero-order valence-corrected chi connectivity index (χ0v) is 20.2. The molecule has 2 aliphatic heterocycles. The van der Waals surface area contributed by atoms with Crippen molar-refractivity contribution >= 4 is 40.9 Å². The lowest BCUT2D eigenvalue weighted by Gasteiger charge is -2.49.